The lowest BCUT2D eigenvalue weighted by Crippen LogP contribution is -2.62. The van der Waals surface area contributed by atoms with Crippen molar-refractivity contribution in [3.8, 4) is 33.8 Å². The molecule has 9 aromatic rings. The van der Waals surface area contributed by atoms with Crippen LogP contribution in [0.25, 0.3) is 22.3 Å². The molecule has 0 aromatic heterocycles. The minimum Gasteiger partial charge on any atom is -0.457 e. The number of hydrogen-bond acceptors (Lipinski definition) is 2. The summed E-state index contributed by atoms with van der Waals surface area (Å²) >= 11 is 0. The molecule has 0 saturated carbocycles. The SMILES string of the molecule is c1ccc(-c2ccc(N(c3ccccc3)c3ccc4c(c3)[SiH](c3ccccc3)c3ccccc3C43c4ccccc4Oc4ccccc43)cc2-c2ccccc2)cc1. The first-order valence-corrected chi connectivity index (χ1v) is 21.8. The highest BCUT2D eigenvalue weighted by molar-refractivity contribution is 6.96. The van der Waals surface area contributed by atoms with Crippen LogP contribution in [0.2, 0.25) is 0 Å². The van der Waals surface area contributed by atoms with Crippen LogP contribution in [0.3, 0.4) is 0 Å². The highest BCUT2D eigenvalue weighted by Gasteiger charge is 2.51. The summed E-state index contributed by atoms with van der Waals surface area (Å²) in [7, 11) is -2.04. The van der Waals surface area contributed by atoms with Gasteiger partial charge in [-0.05, 0) is 92.3 Å². The smallest absolute Gasteiger partial charge is 0.133 e. The maximum Gasteiger partial charge on any atom is 0.133 e. The van der Waals surface area contributed by atoms with Crippen molar-refractivity contribution in [2.75, 3.05) is 4.90 Å². The highest BCUT2D eigenvalue weighted by atomic mass is 28.3. The van der Waals surface area contributed by atoms with Gasteiger partial charge in [-0.15, -0.1) is 0 Å². The van der Waals surface area contributed by atoms with Crippen molar-refractivity contribution in [1.29, 1.82) is 0 Å². The van der Waals surface area contributed by atoms with E-state index in [1.54, 1.807) is 0 Å². The van der Waals surface area contributed by atoms with Crippen molar-refractivity contribution in [2.45, 2.75) is 5.41 Å². The number of anilines is 3. The summed E-state index contributed by atoms with van der Waals surface area (Å²) in [4.78, 5) is 2.44. The van der Waals surface area contributed by atoms with E-state index in [1.165, 1.54) is 60.1 Å². The predicted octanol–water partition coefficient (Wildman–Crippen LogP) is 11.5. The molecule has 0 N–H and O–H groups in total. The third kappa shape index (κ3) is 5.39. The number of fused-ring (bicyclic) bond motifs is 8. The fourth-order valence-corrected chi connectivity index (χ4v) is 13.2. The van der Waals surface area contributed by atoms with E-state index in [1.807, 2.05) is 0 Å². The van der Waals surface area contributed by atoms with Crippen LogP contribution >= 0.6 is 0 Å². The van der Waals surface area contributed by atoms with Gasteiger partial charge in [-0.2, -0.15) is 0 Å². The van der Waals surface area contributed by atoms with Crippen molar-refractivity contribution in [3.05, 3.63) is 253 Å². The monoisotopic (exact) mass is 757 g/mol. The summed E-state index contributed by atoms with van der Waals surface area (Å²) in [5.74, 6) is 1.81. The molecule has 1 unspecified atom stereocenters. The van der Waals surface area contributed by atoms with Crippen LogP contribution in [0.1, 0.15) is 22.3 Å². The van der Waals surface area contributed by atoms with Gasteiger partial charge in [-0.1, -0.05) is 187 Å². The van der Waals surface area contributed by atoms with Gasteiger partial charge >= 0.3 is 0 Å². The number of rotatable bonds is 6. The molecule has 2 heterocycles. The first-order valence-electron chi connectivity index (χ1n) is 20.0. The van der Waals surface area contributed by atoms with Gasteiger partial charge in [0.1, 0.15) is 20.3 Å². The van der Waals surface area contributed by atoms with Gasteiger partial charge < -0.3 is 9.64 Å². The molecular weight excluding hydrogens is 719 g/mol. The Kier molecular flexibility index (Phi) is 8.27. The molecule has 9 aromatic carbocycles. The topological polar surface area (TPSA) is 12.5 Å². The Hall–Kier alpha value is -7.20. The van der Waals surface area contributed by atoms with Crippen molar-refractivity contribution in [1.82, 2.24) is 0 Å². The Morgan fingerprint density at radius 2 is 0.828 bits per heavy atom. The van der Waals surface area contributed by atoms with Crippen LogP contribution < -0.4 is 25.2 Å². The van der Waals surface area contributed by atoms with Gasteiger partial charge in [-0.3, -0.25) is 0 Å². The molecule has 0 amide bonds. The number of hydrogen-bond donors (Lipinski definition) is 0. The Balaban J connectivity index is 1.20. The maximum absolute atomic E-state index is 6.72. The average molecular weight is 758 g/mol. The standard InChI is InChI=1S/C55H39NOSi/c1-5-19-39(20-6-1)45-35-33-42(37-46(45)40-21-7-2-8-22-40)56(41-23-9-3-10-24-41)43-34-36-50-54(38-43)58(44-25-11-4-12-26-44)53-32-18-15-29-49(53)55(50)47-27-13-16-30-51(47)57-52-31-17-14-28-48(52)55/h1-38,58H. The lowest BCUT2D eigenvalue weighted by atomic mass is 9.63. The highest BCUT2D eigenvalue weighted by Crippen LogP contribution is 2.56. The normalized spacial score (nSPS) is 14.3. The van der Waals surface area contributed by atoms with Crippen LogP contribution in [-0.4, -0.2) is 8.80 Å². The summed E-state index contributed by atoms with van der Waals surface area (Å²) in [5, 5.41) is 4.26. The fraction of sp³-hybridized carbons (Fsp3) is 0.0182. The first kappa shape index (κ1) is 34.1. The summed E-state index contributed by atoms with van der Waals surface area (Å²) in [6.45, 7) is 0. The molecule has 274 valence electrons. The zero-order chi connectivity index (χ0) is 38.5. The van der Waals surface area contributed by atoms with Crippen LogP contribution in [0, 0.1) is 0 Å². The lowest BCUT2D eigenvalue weighted by Gasteiger charge is -2.47. The number of ether oxygens (including phenoxy) is 1. The molecule has 2 aliphatic rings. The van der Waals surface area contributed by atoms with E-state index in [9.17, 15) is 0 Å². The van der Waals surface area contributed by atoms with Crippen molar-refractivity contribution in [2.24, 2.45) is 0 Å². The van der Waals surface area contributed by atoms with Gasteiger partial charge in [0.05, 0.1) is 5.41 Å². The van der Waals surface area contributed by atoms with Gasteiger partial charge in [0.25, 0.3) is 0 Å². The van der Waals surface area contributed by atoms with E-state index < -0.39 is 14.2 Å². The second-order valence-corrected chi connectivity index (χ2v) is 18.0. The molecule has 0 fully saturated rings. The maximum atomic E-state index is 6.72. The van der Waals surface area contributed by atoms with Crippen LogP contribution in [-0.2, 0) is 5.41 Å². The summed E-state index contributed by atoms with van der Waals surface area (Å²) in [6.07, 6.45) is 0. The molecular formula is C55H39NOSi. The summed E-state index contributed by atoms with van der Waals surface area (Å²) in [5.41, 5.74) is 12.6. The zero-order valence-electron chi connectivity index (χ0n) is 31.9. The van der Waals surface area contributed by atoms with E-state index in [4.69, 9.17) is 4.74 Å². The minimum absolute atomic E-state index is 0.566. The Morgan fingerprint density at radius 3 is 1.48 bits per heavy atom. The van der Waals surface area contributed by atoms with Crippen LogP contribution in [0.5, 0.6) is 11.5 Å². The van der Waals surface area contributed by atoms with Crippen LogP contribution in [0.15, 0.2) is 231 Å². The molecule has 1 spiro atoms. The lowest BCUT2D eigenvalue weighted by molar-refractivity contribution is 0.435. The van der Waals surface area contributed by atoms with Crippen molar-refractivity contribution in [3.63, 3.8) is 0 Å². The third-order valence-corrected chi connectivity index (χ3v) is 15.3. The molecule has 11 rings (SSSR count). The molecule has 2 aliphatic heterocycles. The largest absolute Gasteiger partial charge is 0.457 e. The molecule has 0 radical (unpaired) electrons. The van der Waals surface area contributed by atoms with Gasteiger partial charge in [0, 0.05) is 28.2 Å². The van der Waals surface area contributed by atoms with Crippen molar-refractivity contribution < 1.29 is 4.74 Å². The minimum atomic E-state index is -2.04. The van der Waals surface area contributed by atoms with Gasteiger partial charge in [-0.25, -0.2) is 0 Å². The summed E-state index contributed by atoms with van der Waals surface area (Å²) < 4.78 is 6.72. The molecule has 0 aliphatic carbocycles. The number of para-hydroxylation sites is 3. The number of nitrogens with zero attached hydrogens (tertiary/aromatic N) is 1. The summed E-state index contributed by atoms with van der Waals surface area (Å²) in [6, 6.07) is 84.4. The predicted molar refractivity (Wildman–Crippen MR) is 243 cm³/mol. The van der Waals surface area contributed by atoms with Gasteiger partial charge in [0.2, 0.25) is 0 Å². The molecule has 1 atom stereocenters. The second-order valence-electron chi connectivity index (χ2n) is 15.2. The van der Waals surface area contributed by atoms with E-state index in [0.717, 1.165) is 28.6 Å². The molecule has 58 heavy (non-hydrogen) atoms. The van der Waals surface area contributed by atoms with E-state index >= 15 is 0 Å². The Morgan fingerprint density at radius 1 is 0.345 bits per heavy atom. The van der Waals surface area contributed by atoms with E-state index in [2.05, 4.69) is 235 Å². The Bertz CT molecular complexity index is 2880. The van der Waals surface area contributed by atoms with E-state index in [-0.39, 0.29) is 0 Å². The van der Waals surface area contributed by atoms with Crippen molar-refractivity contribution >= 4 is 41.4 Å². The van der Waals surface area contributed by atoms with Crippen LogP contribution in [0.4, 0.5) is 17.1 Å². The molecule has 3 heteroatoms. The Labute approximate surface area is 341 Å². The molecule has 2 nitrogen and oxygen atoms in total. The molecule has 0 saturated heterocycles. The average Bonchev–Trinajstić information content (AvgIpc) is 3.30. The quantitative estimate of drug-likeness (QED) is 0.157. The fourth-order valence-electron chi connectivity index (χ4n) is 9.67. The third-order valence-electron chi connectivity index (χ3n) is 12.1. The van der Waals surface area contributed by atoms with Gasteiger partial charge in [0.15, 0.2) is 0 Å². The molecule has 0 bridgehead atoms. The first-order chi connectivity index (χ1) is 28.8. The second kappa shape index (κ2) is 14.1. The zero-order valence-corrected chi connectivity index (χ0v) is 33.0. The number of benzene rings is 9. The van der Waals surface area contributed by atoms with E-state index in [0.29, 0.717) is 0 Å².